The van der Waals surface area contributed by atoms with Crippen LogP contribution in [0.5, 0.6) is 0 Å². The summed E-state index contributed by atoms with van der Waals surface area (Å²) in [4.78, 5) is 5.16. The molecule has 0 atom stereocenters. The largest absolute Gasteiger partial charge is 0.516 e. The van der Waals surface area contributed by atoms with Crippen LogP contribution in [0.3, 0.4) is 0 Å². The minimum absolute atomic E-state index is 0.0279. The summed E-state index contributed by atoms with van der Waals surface area (Å²) >= 11 is 5.86. The molecule has 6 nitrogen and oxygen atoms in total. The fourth-order valence-electron chi connectivity index (χ4n) is 2.04. The zero-order valence-electron chi connectivity index (χ0n) is 14.3. The Bertz CT molecular complexity index is 1030. The molecule has 0 unspecified atom stereocenters. The minimum atomic E-state index is -5.61. The molecular formula is C17H13ClF3N3O3S. The second-order valence-corrected chi connectivity index (χ2v) is 7.61. The van der Waals surface area contributed by atoms with Crippen LogP contribution in [0, 0.1) is 11.3 Å². The van der Waals surface area contributed by atoms with Crippen LogP contribution in [0.1, 0.15) is 23.6 Å². The molecule has 0 saturated carbocycles. The smallest absolute Gasteiger partial charge is 0.391 e. The molecule has 148 valence electrons. The summed E-state index contributed by atoms with van der Waals surface area (Å²) in [6, 6.07) is 12.1. The first kappa shape index (κ1) is 21.5. The number of sulfonamides is 1. The molecule has 0 aromatic heterocycles. The summed E-state index contributed by atoms with van der Waals surface area (Å²) in [6.45, 7) is 1.46. The first-order valence-electron chi connectivity index (χ1n) is 7.58. The molecule has 2 aromatic carbocycles. The molecule has 0 saturated heterocycles. The number of anilines is 1. The highest BCUT2D eigenvalue weighted by Crippen LogP contribution is 2.28. The van der Waals surface area contributed by atoms with Crippen LogP contribution in [-0.4, -0.2) is 19.6 Å². The number of nitriles is 1. The van der Waals surface area contributed by atoms with Crippen molar-refractivity contribution in [3.8, 4) is 6.07 Å². The van der Waals surface area contributed by atoms with Gasteiger partial charge in [-0.25, -0.2) is 0 Å². The Balaban J connectivity index is 2.21. The van der Waals surface area contributed by atoms with Gasteiger partial charge in [-0.3, -0.25) is 4.72 Å². The zero-order valence-corrected chi connectivity index (χ0v) is 15.9. The van der Waals surface area contributed by atoms with E-state index in [1.54, 1.807) is 24.3 Å². The SMILES string of the molecule is CC(=NOCc1ccc(C#N)cc1)c1cc(Cl)ccc1NS(=O)(=O)C(F)(F)F. The molecule has 1 N–H and O–H groups in total. The van der Waals surface area contributed by atoms with Crippen molar-refractivity contribution in [1.29, 1.82) is 5.26 Å². The number of hydrogen-bond donors (Lipinski definition) is 1. The first-order valence-corrected chi connectivity index (χ1v) is 9.44. The van der Waals surface area contributed by atoms with Gasteiger partial charge in [0.2, 0.25) is 0 Å². The van der Waals surface area contributed by atoms with Crippen molar-refractivity contribution < 1.29 is 26.4 Å². The minimum Gasteiger partial charge on any atom is -0.391 e. The average Bonchev–Trinajstić information content (AvgIpc) is 2.62. The first-order chi connectivity index (χ1) is 13.0. The number of alkyl halides is 3. The summed E-state index contributed by atoms with van der Waals surface area (Å²) in [5, 5.41) is 12.7. The lowest BCUT2D eigenvalue weighted by molar-refractivity contribution is -0.0429. The predicted octanol–water partition coefficient (Wildman–Crippen LogP) is 4.41. The Labute approximate surface area is 164 Å². The number of nitrogens with zero attached hydrogens (tertiary/aromatic N) is 2. The van der Waals surface area contributed by atoms with Gasteiger partial charge < -0.3 is 4.84 Å². The number of benzene rings is 2. The maximum atomic E-state index is 12.6. The molecule has 0 amide bonds. The van der Waals surface area contributed by atoms with E-state index in [4.69, 9.17) is 21.7 Å². The molecule has 0 aliphatic carbocycles. The predicted molar refractivity (Wildman–Crippen MR) is 98.2 cm³/mol. The third kappa shape index (κ3) is 5.37. The molecule has 0 fully saturated rings. The van der Waals surface area contributed by atoms with E-state index in [2.05, 4.69) is 5.16 Å². The summed E-state index contributed by atoms with van der Waals surface area (Å²) in [5.74, 6) is 0. The lowest BCUT2D eigenvalue weighted by Gasteiger charge is -2.14. The van der Waals surface area contributed by atoms with Crippen LogP contribution in [0.25, 0.3) is 0 Å². The maximum Gasteiger partial charge on any atom is 0.516 e. The molecule has 11 heteroatoms. The number of halogens is 4. The van der Waals surface area contributed by atoms with Crippen molar-refractivity contribution in [2.45, 2.75) is 19.0 Å². The van der Waals surface area contributed by atoms with Crippen molar-refractivity contribution in [2.75, 3.05) is 4.72 Å². The second-order valence-electron chi connectivity index (χ2n) is 5.50. The number of oxime groups is 1. The lowest BCUT2D eigenvalue weighted by Crippen LogP contribution is -2.30. The highest BCUT2D eigenvalue weighted by molar-refractivity contribution is 7.93. The topological polar surface area (TPSA) is 91.5 Å². The Morgan fingerprint density at radius 1 is 1.25 bits per heavy atom. The standard InChI is InChI=1S/C17H13ClF3N3O3S/c1-11(23-27-10-13-4-2-12(9-22)3-5-13)15-8-14(18)6-7-16(15)24-28(25,26)17(19,20)21/h2-8,24H,10H2,1H3. The van der Waals surface area contributed by atoms with Gasteiger partial charge >= 0.3 is 15.5 Å². The molecule has 2 rings (SSSR count). The Kier molecular flexibility index (Phi) is 6.53. The lowest BCUT2D eigenvalue weighted by atomic mass is 10.1. The highest BCUT2D eigenvalue weighted by atomic mass is 35.5. The summed E-state index contributed by atoms with van der Waals surface area (Å²) in [5.41, 5.74) is -4.49. The quantitative estimate of drug-likeness (QED) is 0.541. The summed E-state index contributed by atoms with van der Waals surface area (Å²) in [7, 11) is -5.61. The molecule has 0 aliphatic heterocycles. The van der Waals surface area contributed by atoms with Crippen LogP contribution >= 0.6 is 11.6 Å². The van der Waals surface area contributed by atoms with Gasteiger partial charge in [-0.2, -0.15) is 26.9 Å². The zero-order chi connectivity index (χ0) is 20.9. The van der Waals surface area contributed by atoms with E-state index in [0.717, 1.165) is 6.07 Å². The number of nitrogens with one attached hydrogen (secondary N) is 1. The molecule has 0 spiro atoms. The van der Waals surface area contributed by atoms with Gasteiger partial charge in [0.05, 0.1) is 23.0 Å². The van der Waals surface area contributed by atoms with Crippen molar-refractivity contribution in [3.63, 3.8) is 0 Å². The monoisotopic (exact) mass is 431 g/mol. The molecule has 2 aromatic rings. The van der Waals surface area contributed by atoms with Gasteiger partial charge in [0.25, 0.3) is 0 Å². The second kappa shape index (κ2) is 8.50. The third-order valence-corrected chi connectivity index (χ3v) is 4.77. The molecule has 28 heavy (non-hydrogen) atoms. The maximum absolute atomic E-state index is 12.6. The van der Waals surface area contributed by atoms with Gasteiger partial charge in [0.15, 0.2) is 0 Å². The summed E-state index contributed by atoms with van der Waals surface area (Å²) < 4.78 is 62.1. The van der Waals surface area contributed by atoms with Gasteiger partial charge in [-0.1, -0.05) is 28.9 Å². The Hall–Kier alpha value is -2.77. The average molecular weight is 432 g/mol. The van der Waals surface area contributed by atoms with E-state index < -0.39 is 15.5 Å². The van der Waals surface area contributed by atoms with E-state index in [1.165, 1.54) is 23.8 Å². The fourth-order valence-corrected chi connectivity index (χ4v) is 2.79. The van der Waals surface area contributed by atoms with Crippen LogP contribution < -0.4 is 4.72 Å². The Morgan fingerprint density at radius 3 is 2.46 bits per heavy atom. The van der Waals surface area contributed by atoms with Crippen molar-refractivity contribution in [1.82, 2.24) is 0 Å². The van der Waals surface area contributed by atoms with Crippen molar-refractivity contribution in [3.05, 3.63) is 64.2 Å². The number of rotatable bonds is 6. The van der Waals surface area contributed by atoms with Gasteiger partial charge in [0, 0.05) is 10.6 Å². The van der Waals surface area contributed by atoms with E-state index in [0.29, 0.717) is 11.1 Å². The van der Waals surface area contributed by atoms with E-state index >= 15 is 0 Å². The Morgan fingerprint density at radius 2 is 1.89 bits per heavy atom. The normalized spacial score (nSPS) is 12.4. The van der Waals surface area contributed by atoms with Crippen molar-refractivity contribution >= 4 is 33.0 Å². The van der Waals surface area contributed by atoms with Crippen LogP contribution in [0.2, 0.25) is 5.02 Å². The fraction of sp³-hybridized carbons (Fsp3) is 0.176. The molecular weight excluding hydrogens is 419 g/mol. The van der Waals surface area contributed by atoms with Crippen LogP contribution in [0.4, 0.5) is 18.9 Å². The van der Waals surface area contributed by atoms with Gasteiger partial charge in [0.1, 0.15) is 6.61 Å². The van der Waals surface area contributed by atoms with Crippen LogP contribution in [0.15, 0.2) is 47.6 Å². The highest BCUT2D eigenvalue weighted by Gasteiger charge is 2.46. The van der Waals surface area contributed by atoms with E-state index in [1.807, 2.05) is 6.07 Å². The third-order valence-electron chi connectivity index (χ3n) is 3.44. The molecule has 0 heterocycles. The van der Waals surface area contributed by atoms with Gasteiger partial charge in [-0.15, -0.1) is 0 Å². The van der Waals surface area contributed by atoms with Crippen molar-refractivity contribution in [2.24, 2.45) is 5.16 Å². The van der Waals surface area contributed by atoms with Crippen LogP contribution in [-0.2, 0) is 21.5 Å². The summed E-state index contributed by atoms with van der Waals surface area (Å²) in [6.07, 6.45) is 0. The van der Waals surface area contributed by atoms with Gasteiger partial charge in [-0.05, 0) is 42.8 Å². The molecule has 0 bridgehead atoms. The molecule has 0 aliphatic rings. The number of hydrogen-bond acceptors (Lipinski definition) is 5. The van der Waals surface area contributed by atoms with E-state index in [9.17, 15) is 21.6 Å². The molecule has 0 radical (unpaired) electrons. The van der Waals surface area contributed by atoms with E-state index in [-0.39, 0.29) is 28.6 Å².